The van der Waals surface area contributed by atoms with E-state index in [1.807, 2.05) is 0 Å². The molecule has 3 aromatic heterocycles. The Bertz CT molecular complexity index is 4740. The summed E-state index contributed by atoms with van der Waals surface area (Å²) >= 11 is 0. The monoisotopic (exact) mass is 1030 g/mol. The van der Waals surface area contributed by atoms with Gasteiger partial charge >= 0.3 is 0 Å². The van der Waals surface area contributed by atoms with Gasteiger partial charge in [-0.25, -0.2) is 0 Å². The molecule has 79 heavy (non-hydrogen) atoms. The number of hydrogen-bond acceptors (Lipinski definition) is 4. The Morgan fingerprint density at radius 3 is 1.68 bits per heavy atom. The zero-order valence-electron chi connectivity index (χ0n) is 46.3. The van der Waals surface area contributed by atoms with E-state index < -0.39 is 0 Å². The van der Waals surface area contributed by atoms with Gasteiger partial charge in [-0.1, -0.05) is 181 Å². The number of para-hydroxylation sites is 3. The van der Waals surface area contributed by atoms with Crippen molar-refractivity contribution in [2.75, 3.05) is 4.90 Å². The lowest BCUT2D eigenvalue weighted by molar-refractivity contribution is 0.569. The van der Waals surface area contributed by atoms with Crippen LogP contribution in [0.25, 0.3) is 98.5 Å². The highest BCUT2D eigenvalue weighted by atomic mass is 16.4. The van der Waals surface area contributed by atoms with Gasteiger partial charge in [-0.3, -0.25) is 0 Å². The topological polar surface area (TPSA) is 42.7 Å². The van der Waals surface area contributed by atoms with Crippen molar-refractivity contribution in [3.05, 3.63) is 245 Å². The third kappa shape index (κ3) is 8.44. The Labute approximate surface area is 461 Å². The maximum absolute atomic E-state index is 6.99. The number of nitrogens with zero attached hydrogens (tertiary/aromatic N) is 1. The second-order valence-corrected chi connectivity index (χ2v) is 24.2. The van der Waals surface area contributed by atoms with Crippen LogP contribution in [0.15, 0.2) is 220 Å². The molecule has 4 heteroatoms. The third-order valence-corrected chi connectivity index (χ3v) is 16.8. The molecule has 1 atom stereocenters. The summed E-state index contributed by atoms with van der Waals surface area (Å²) in [5, 5.41) is 11.2. The first-order valence-electron chi connectivity index (χ1n) is 27.9. The molecule has 4 nitrogen and oxygen atoms in total. The third-order valence-electron chi connectivity index (χ3n) is 16.8. The molecular formula is C75H63NO3. The van der Waals surface area contributed by atoms with Crippen molar-refractivity contribution < 1.29 is 13.3 Å². The predicted molar refractivity (Wildman–Crippen MR) is 333 cm³/mol. The number of rotatable bonds is 9. The van der Waals surface area contributed by atoms with Crippen LogP contribution in [0.4, 0.5) is 17.1 Å². The number of aryl methyl sites for hydroxylation is 2. The summed E-state index contributed by atoms with van der Waals surface area (Å²) in [7, 11) is 0. The van der Waals surface area contributed by atoms with E-state index in [1.165, 1.54) is 66.2 Å². The highest BCUT2D eigenvalue weighted by Crippen LogP contribution is 2.45. The molecule has 0 bridgehead atoms. The van der Waals surface area contributed by atoms with Gasteiger partial charge in [0.1, 0.15) is 22.3 Å². The molecule has 0 N–H and O–H groups in total. The van der Waals surface area contributed by atoms with Gasteiger partial charge in [0.15, 0.2) is 11.2 Å². The largest absolute Gasteiger partial charge is 0.455 e. The molecule has 0 saturated carbocycles. The van der Waals surface area contributed by atoms with Gasteiger partial charge in [0.25, 0.3) is 0 Å². The summed E-state index contributed by atoms with van der Waals surface area (Å²) in [5.74, 6) is 0.173. The molecule has 386 valence electrons. The molecule has 14 rings (SSSR count). The molecule has 1 unspecified atom stereocenters. The summed E-state index contributed by atoms with van der Waals surface area (Å²) in [6.07, 6.45) is 1.75. The van der Waals surface area contributed by atoms with Crippen LogP contribution in [-0.2, 0) is 23.7 Å². The van der Waals surface area contributed by atoms with Crippen LogP contribution >= 0.6 is 0 Å². The van der Waals surface area contributed by atoms with Gasteiger partial charge < -0.3 is 18.2 Å². The summed E-state index contributed by atoms with van der Waals surface area (Å²) in [4.78, 5) is 2.38. The van der Waals surface area contributed by atoms with Crippen LogP contribution < -0.4 is 4.90 Å². The number of benzene rings is 11. The normalized spacial score (nSPS) is 12.9. The molecule has 14 aromatic rings. The average Bonchev–Trinajstić information content (AvgIpc) is 3.64. The van der Waals surface area contributed by atoms with Crippen molar-refractivity contribution in [2.24, 2.45) is 0 Å². The molecule has 0 saturated heterocycles. The minimum atomic E-state index is -0.0507. The Hall–Kier alpha value is -8.86. The highest BCUT2D eigenvalue weighted by Gasteiger charge is 2.26. The van der Waals surface area contributed by atoms with Gasteiger partial charge in [0, 0.05) is 54.9 Å². The Balaban J connectivity index is 0.832. The smallest absolute Gasteiger partial charge is 0.178 e. The molecule has 3 heterocycles. The fourth-order valence-corrected chi connectivity index (χ4v) is 12.5. The zero-order chi connectivity index (χ0) is 53.9. The lowest BCUT2D eigenvalue weighted by Crippen LogP contribution is -2.11. The molecule has 11 aromatic carbocycles. The first kappa shape index (κ1) is 48.5. The predicted octanol–water partition coefficient (Wildman–Crippen LogP) is 21.6. The zero-order valence-corrected chi connectivity index (χ0v) is 46.3. The molecular weight excluding hydrogens is 963 g/mol. The second-order valence-electron chi connectivity index (χ2n) is 24.2. The van der Waals surface area contributed by atoms with Crippen molar-refractivity contribution in [3.8, 4) is 11.1 Å². The molecule has 0 aliphatic heterocycles. The summed E-state index contributed by atoms with van der Waals surface area (Å²) < 4.78 is 20.8. The molecule has 0 fully saturated rings. The fourth-order valence-electron chi connectivity index (χ4n) is 12.5. The Morgan fingerprint density at radius 1 is 0.392 bits per heavy atom. The maximum Gasteiger partial charge on any atom is 0.178 e. The van der Waals surface area contributed by atoms with Crippen molar-refractivity contribution in [1.29, 1.82) is 0 Å². The molecule has 0 aliphatic rings. The summed E-state index contributed by atoms with van der Waals surface area (Å²) in [5.41, 5.74) is 19.9. The minimum absolute atomic E-state index is 0.0507. The molecule has 0 aliphatic carbocycles. The van der Waals surface area contributed by atoms with Gasteiger partial charge in [-0.2, -0.15) is 0 Å². The van der Waals surface area contributed by atoms with Crippen molar-refractivity contribution in [1.82, 2.24) is 0 Å². The van der Waals surface area contributed by atoms with E-state index in [9.17, 15) is 0 Å². The first-order chi connectivity index (χ1) is 38.2. The highest BCUT2D eigenvalue weighted by molar-refractivity contribution is 6.21. The van der Waals surface area contributed by atoms with Crippen LogP contribution in [0.3, 0.4) is 0 Å². The fraction of sp³-hybridized carbons (Fsp3) is 0.173. The van der Waals surface area contributed by atoms with Crippen molar-refractivity contribution in [3.63, 3.8) is 0 Å². The number of fused-ring (bicyclic) bond motifs is 12. The lowest BCUT2D eigenvalue weighted by Gasteiger charge is -2.28. The Morgan fingerprint density at radius 2 is 0.987 bits per heavy atom. The number of hydrogen-bond donors (Lipinski definition) is 0. The molecule has 0 spiro atoms. The lowest BCUT2D eigenvalue weighted by atomic mass is 9.84. The van der Waals surface area contributed by atoms with Crippen molar-refractivity contribution in [2.45, 2.75) is 85.0 Å². The SMILES string of the molecule is Cc1ccccc1CC(Cc1ccc2cc3c(cc2c1)oc1c3ccc2c3cc4ccc(N(c5cccc(-c6cccc(C(C)(C)C)c6)c5)c5ccccc5C)cc4cc3oc21)c1cccc2c1oc1c(C(C)(C)C)cccc12. The summed E-state index contributed by atoms with van der Waals surface area (Å²) in [6, 6.07) is 75.8. The number of anilines is 3. The van der Waals surface area contributed by atoms with Gasteiger partial charge in [0.05, 0.1) is 0 Å². The van der Waals surface area contributed by atoms with E-state index in [0.29, 0.717) is 0 Å². The van der Waals surface area contributed by atoms with Crippen molar-refractivity contribution >= 4 is 104 Å². The summed E-state index contributed by atoms with van der Waals surface area (Å²) in [6.45, 7) is 18.0. The van der Waals surface area contributed by atoms with Gasteiger partial charge in [-0.15, -0.1) is 0 Å². The van der Waals surface area contributed by atoms with Crippen LogP contribution in [0.1, 0.15) is 86.4 Å². The van der Waals surface area contributed by atoms with E-state index >= 15 is 0 Å². The van der Waals surface area contributed by atoms with Crippen LogP contribution in [0.5, 0.6) is 0 Å². The average molecular weight is 1030 g/mol. The van der Waals surface area contributed by atoms with E-state index in [1.54, 1.807) is 0 Å². The second kappa shape index (κ2) is 18.4. The van der Waals surface area contributed by atoms with E-state index in [4.69, 9.17) is 13.3 Å². The van der Waals surface area contributed by atoms with E-state index in [2.05, 4.69) is 267 Å². The Kier molecular flexibility index (Phi) is 11.3. The van der Waals surface area contributed by atoms with Crippen LogP contribution in [0.2, 0.25) is 0 Å². The van der Waals surface area contributed by atoms with E-state index in [0.717, 1.165) is 101 Å². The quantitative estimate of drug-likeness (QED) is 0.144. The molecule has 0 radical (unpaired) electrons. The maximum atomic E-state index is 6.99. The standard InChI is InChI=1S/C75H63NO3/c1-45-17-9-11-19-48(45)37-55(59-24-15-25-60-61-26-16-27-66(75(6,7)8)71(61)79-70(59)60)36-47-29-30-51-41-64-62-33-34-63-65-42-52-31-32-58(40-54(52)44-69(65)78-73(63)72(62)77-68(64)43-53(51)35-47)76(67-28-12-10-18-46(67)2)57-23-14-21-50(39-57)49-20-13-22-56(38-49)74(3,4)5/h9-35,38-44,55H,36-37H2,1-8H3. The van der Waals surface area contributed by atoms with Crippen LogP contribution in [-0.4, -0.2) is 0 Å². The number of furan rings is 3. The minimum Gasteiger partial charge on any atom is -0.455 e. The first-order valence-corrected chi connectivity index (χ1v) is 27.9. The van der Waals surface area contributed by atoms with Gasteiger partial charge in [0.2, 0.25) is 0 Å². The van der Waals surface area contributed by atoms with E-state index in [-0.39, 0.29) is 16.7 Å². The van der Waals surface area contributed by atoms with Gasteiger partial charge in [-0.05, 0) is 176 Å². The molecule has 0 amide bonds. The van der Waals surface area contributed by atoms with Crippen LogP contribution in [0, 0.1) is 13.8 Å².